The molecule has 7 heteroatoms. The summed E-state index contributed by atoms with van der Waals surface area (Å²) in [5.74, 6) is -0.0240. The van der Waals surface area contributed by atoms with Gasteiger partial charge in [0.25, 0.3) is 0 Å². The first kappa shape index (κ1) is 21.6. The van der Waals surface area contributed by atoms with Crippen LogP contribution in [0, 0.1) is 5.82 Å². The van der Waals surface area contributed by atoms with E-state index in [-0.39, 0.29) is 29.4 Å². The quantitative estimate of drug-likeness (QED) is 0.822. The van der Waals surface area contributed by atoms with E-state index in [1.165, 1.54) is 43.5 Å². The van der Waals surface area contributed by atoms with Gasteiger partial charge in [0.15, 0.2) is 0 Å². The molecule has 2 amide bonds. The Hall–Kier alpha value is -2.15. The van der Waals surface area contributed by atoms with Gasteiger partial charge in [0.05, 0.1) is 0 Å². The molecule has 1 aliphatic carbocycles. The molecule has 1 saturated carbocycles. The zero-order chi connectivity index (χ0) is 20.8. The maximum Gasteiger partial charge on any atom is 0.245 e. The van der Waals surface area contributed by atoms with Gasteiger partial charge in [-0.05, 0) is 56.4 Å². The van der Waals surface area contributed by atoms with Crippen LogP contribution in [0.1, 0.15) is 45.4 Å². The number of benzene rings is 1. The number of phenols is 1. The fraction of sp³-hybridized carbons (Fsp3) is 0.636. The molecule has 0 spiro atoms. The second-order valence-corrected chi connectivity index (χ2v) is 8.15. The summed E-state index contributed by atoms with van der Waals surface area (Å²) in [6.45, 7) is 6.13. The number of rotatable bonds is 2. The molecule has 3 aliphatic rings. The molecule has 0 unspecified atom stereocenters. The normalized spacial score (nSPS) is 23.0. The van der Waals surface area contributed by atoms with Crippen LogP contribution in [-0.2, 0) is 9.59 Å². The fourth-order valence-corrected chi connectivity index (χ4v) is 4.33. The summed E-state index contributed by atoms with van der Waals surface area (Å²) in [6, 6.07) is 5.58. The first-order valence-corrected chi connectivity index (χ1v) is 10.7. The number of hydrogen-bond donors (Lipinski definition) is 1. The maximum absolute atomic E-state index is 12.7. The van der Waals surface area contributed by atoms with E-state index in [1.807, 2.05) is 4.90 Å². The van der Waals surface area contributed by atoms with Crippen molar-refractivity contribution in [1.29, 1.82) is 0 Å². The largest absolute Gasteiger partial charge is 0.508 e. The summed E-state index contributed by atoms with van der Waals surface area (Å²) in [6.07, 6.45) is 6.87. The van der Waals surface area contributed by atoms with Gasteiger partial charge in [0, 0.05) is 45.7 Å². The predicted octanol–water partition coefficient (Wildman–Crippen LogP) is 2.62. The average Bonchev–Trinajstić information content (AvgIpc) is 3.04. The molecule has 2 saturated heterocycles. The lowest BCUT2D eigenvalue weighted by Gasteiger charge is -2.36. The van der Waals surface area contributed by atoms with Gasteiger partial charge in [-0.3, -0.25) is 14.5 Å². The average molecular weight is 406 g/mol. The molecule has 6 nitrogen and oxygen atoms in total. The SMILES string of the molecule is CC(=O)N1CCC[C@@H]1C(=O)N1CCCN(C2CCC2)CC1.Oc1ccc(F)cc1. The summed E-state index contributed by atoms with van der Waals surface area (Å²) in [5, 5.41) is 8.59. The molecule has 2 aliphatic heterocycles. The molecule has 3 fully saturated rings. The summed E-state index contributed by atoms with van der Waals surface area (Å²) in [5.41, 5.74) is 0. The van der Waals surface area contributed by atoms with Crippen molar-refractivity contribution in [3.05, 3.63) is 30.1 Å². The highest BCUT2D eigenvalue weighted by atomic mass is 19.1. The van der Waals surface area contributed by atoms with Crippen LogP contribution in [0.3, 0.4) is 0 Å². The Morgan fingerprint density at radius 3 is 2.24 bits per heavy atom. The monoisotopic (exact) mass is 405 g/mol. The van der Waals surface area contributed by atoms with E-state index in [0.29, 0.717) is 0 Å². The highest BCUT2D eigenvalue weighted by molar-refractivity contribution is 5.87. The second kappa shape index (κ2) is 10.1. The van der Waals surface area contributed by atoms with E-state index in [0.717, 1.165) is 58.0 Å². The third-order valence-corrected chi connectivity index (χ3v) is 6.20. The van der Waals surface area contributed by atoms with Gasteiger partial charge >= 0.3 is 0 Å². The van der Waals surface area contributed by atoms with Crippen molar-refractivity contribution < 1.29 is 19.1 Å². The van der Waals surface area contributed by atoms with Crippen molar-refractivity contribution in [2.75, 3.05) is 32.7 Å². The smallest absolute Gasteiger partial charge is 0.245 e. The topological polar surface area (TPSA) is 64.1 Å². The number of phenolic OH excluding ortho intramolecular Hbond substituents is 1. The van der Waals surface area contributed by atoms with Gasteiger partial charge in [-0.2, -0.15) is 0 Å². The molecular formula is C22H32FN3O3. The maximum atomic E-state index is 12.7. The van der Waals surface area contributed by atoms with E-state index in [4.69, 9.17) is 5.11 Å². The van der Waals surface area contributed by atoms with Gasteiger partial charge < -0.3 is 14.9 Å². The van der Waals surface area contributed by atoms with Crippen molar-refractivity contribution in [1.82, 2.24) is 14.7 Å². The molecule has 29 heavy (non-hydrogen) atoms. The molecule has 4 rings (SSSR count). The number of nitrogens with zero attached hydrogens (tertiary/aromatic N) is 3. The molecule has 0 radical (unpaired) electrons. The fourth-order valence-electron chi connectivity index (χ4n) is 4.33. The van der Waals surface area contributed by atoms with Crippen molar-refractivity contribution >= 4 is 11.8 Å². The van der Waals surface area contributed by atoms with E-state index in [9.17, 15) is 14.0 Å². The van der Waals surface area contributed by atoms with Crippen LogP contribution in [-0.4, -0.2) is 76.4 Å². The van der Waals surface area contributed by atoms with Crippen molar-refractivity contribution in [2.24, 2.45) is 0 Å². The van der Waals surface area contributed by atoms with Crippen molar-refractivity contribution in [3.63, 3.8) is 0 Å². The standard InChI is InChI=1S/C16H27N3O2.C6H5FO/c1-13(20)19-10-3-7-15(19)16(21)18-9-4-8-17(11-12-18)14-5-2-6-14;7-5-1-3-6(8)4-2-5/h14-15H,2-12H2,1H3;1-4,8H/t15-;/m1./s1. The first-order valence-electron chi connectivity index (χ1n) is 10.7. The number of aromatic hydroxyl groups is 1. The van der Waals surface area contributed by atoms with Crippen LogP contribution in [0.4, 0.5) is 4.39 Å². The van der Waals surface area contributed by atoms with E-state index in [1.54, 1.807) is 11.8 Å². The Balaban J connectivity index is 0.000000252. The second-order valence-electron chi connectivity index (χ2n) is 8.15. The highest BCUT2D eigenvalue weighted by Gasteiger charge is 2.36. The number of amides is 2. The van der Waals surface area contributed by atoms with Crippen LogP contribution < -0.4 is 0 Å². The van der Waals surface area contributed by atoms with Crippen LogP contribution >= 0.6 is 0 Å². The Labute approximate surface area is 172 Å². The van der Waals surface area contributed by atoms with Crippen molar-refractivity contribution in [2.45, 2.75) is 57.5 Å². The molecule has 1 atom stereocenters. The highest BCUT2D eigenvalue weighted by Crippen LogP contribution is 2.26. The third-order valence-electron chi connectivity index (χ3n) is 6.20. The van der Waals surface area contributed by atoms with Gasteiger partial charge in [0.2, 0.25) is 11.8 Å². The zero-order valence-electron chi connectivity index (χ0n) is 17.2. The molecule has 1 aromatic rings. The van der Waals surface area contributed by atoms with Crippen LogP contribution in [0.5, 0.6) is 5.75 Å². The third kappa shape index (κ3) is 5.69. The first-order chi connectivity index (χ1) is 14.0. The zero-order valence-corrected chi connectivity index (χ0v) is 17.2. The van der Waals surface area contributed by atoms with E-state index < -0.39 is 0 Å². The number of carbonyl (C=O) groups excluding carboxylic acids is 2. The Morgan fingerprint density at radius 2 is 1.66 bits per heavy atom. The van der Waals surface area contributed by atoms with Gasteiger partial charge in [-0.15, -0.1) is 0 Å². The molecule has 0 aromatic heterocycles. The van der Waals surface area contributed by atoms with Crippen LogP contribution in [0.15, 0.2) is 24.3 Å². The van der Waals surface area contributed by atoms with E-state index in [2.05, 4.69) is 4.90 Å². The van der Waals surface area contributed by atoms with E-state index >= 15 is 0 Å². The Morgan fingerprint density at radius 1 is 0.931 bits per heavy atom. The lowest BCUT2D eigenvalue weighted by molar-refractivity contribution is -0.142. The predicted molar refractivity (Wildman–Crippen MR) is 109 cm³/mol. The summed E-state index contributed by atoms with van der Waals surface area (Å²) >= 11 is 0. The number of hydrogen-bond acceptors (Lipinski definition) is 4. The number of halogens is 1. The Bertz CT molecular complexity index is 672. The molecular weight excluding hydrogens is 373 g/mol. The van der Waals surface area contributed by atoms with Gasteiger partial charge in [0.1, 0.15) is 17.6 Å². The molecule has 1 aromatic carbocycles. The number of carbonyl (C=O) groups is 2. The minimum Gasteiger partial charge on any atom is -0.508 e. The minimum absolute atomic E-state index is 0.0387. The Kier molecular flexibility index (Phi) is 7.47. The van der Waals surface area contributed by atoms with Crippen molar-refractivity contribution in [3.8, 4) is 5.75 Å². The minimum atomic E-state index is -0.331. The summed E-state index contributed by atoms with van der Waals surface area (Å²) in [4.78, 5) is 30.7. The molecule has 160 valence electrons. The van der Waals surface area contributed by atoms with Crippen LogP contribution in [0.25, 0.3) is 0 Å². The van der Waals surface area contributed by atoms with Crippen LogP contribution in [0.2, 0.25) is 0 Å². The molecule has 2 heterocycles. The van der Waals surface area contributed by atoms with Gasteiger partial charge in [-0.25, -0.2) is 4.39 Å². The summed E-state index contributed by atoms with van der Waals surface area (Å²) in [7, 11) is 0. The summed E-state index contributed by atoms with van der Waals surface area (Å²) < 4.78 is 12.0. The number of likely N-dealkylation sites (tertiary alicyclic amines) is 1. The van der Waals surface area contributed by atoms with Gasteiger partial charge in [-0.1, -0.05) is 6.42 Å². The lowest BCUT2D eigenvalue weighted by atomic mass is 9.91. The lowest BCUT2D eigenvalue weighted by Crippen LogP contribution is -2.48. The molecule has 1 N–H and O–H groups in total. The molecule has 0 bridgehead atoms.